The average Bonchev–Trinajstić information content (AvgIpc) is 2.77. The predicted molar refractivity (Wildman–Crippen MR) is 113 cm³/mol. The Balaban J connectivity index is 0.00000341. The van der Waals surface area contributed by atoms with Crippen molar-refractivity contribution in [1.82, 2.24) is 0 Å². The summed E-state index contributed by atoms with van der Waals surface area (Å²) in [6, 6.07) is 15.1. The quantitative estimate of drug-likeness (QED) is 0.527. The maximum Gasteiger partial charge on any atom is 0.119 e. The van der Waals surface area contributed by atoms with Gasteiger partial charge in [-0.15, -0.1) is 0 Å². The number of nitrogens with zero attached hydrogens (tertiary/aromatic N) is 1. The van der Waals surface area contributed by atoms with Crippen molar-refractivity contribution in [3.8, 4) is 11.8 Å². The van der Waals surface area contributed by atoms with Gasteiger partial charge < -0.3 is 35.0 Å². The van der Waals surface area contributed by atoms with Gasteiger partial charge in [0.25, 0.3) is 0 Å². The molecule has 0 aliphatic carbocycles. The lowest BCUT2D eigenvalue weighted by Gasteiger charge is -2.37. The second-order valence-electron chi connectivity index (χ2n) is 7.35. The molecule has 2 aromatic rings. The van der Waals surface area contributed by atoms with E-state index < -0.39 is 24.4 Å². The molecule has 5 N–H and O–H groups in total. The molecule has 0 saturated carbocycles. The van der Waals surface area contributed by atoms with E-state index in [-0.39, 0.29) is 18.5 Å². The minimum Gasteiger partial charge on any atom is -0.491 e. The standard InChI is InChI=1S/C23H27NO6.H2O/c1-28-8-9-29-19-6-2-15(3-7-19)10-18-11-16(4-5-17(18)13-24)23-22(27)21(26)12-20(14-25)30-23;/h2-7,11,20-23,25-27H,8-10,12,14H2,1H3;1H2/t20-,21-,22+,23-;/m0./s1. The molecule has 1 heterocycles. The molecular weight excluding hydrogens is 402 g/mol. The number of hydrogen-bond donors (Lipinski definition) is 3. The summed E-state index contributed by atoms with van der Waals surface area (Å²) in [6.07, 6.45) is -2.70. The third kappa shape index (κ3) is 6.24. The van der Waals surface area contributed by atoms with Crippen LogP contribution in [0.25, 0.3) is 0 Å². The van der Waals surface area contributed by atoms with Crippen LogP contribution in [0, 0.1) is 11.3 Å². The van der Waals surface area contributed by atoms with Gasteiger partial charge in [-0.2, -0.15) is 5.26 Å². The second kappa shape index (κ2) is 11.8. The van der Waals surface area contributed by atoms with Crippen LogP contribution in [0.4, 0.5) is 0 Å². The van der Waals surface area contributed by atoms with Crippen LogP contribution in [0.3, 0.4) is 0 Å². The van der Waals surface area contributed by atoms with Crippen molar-refractivity contribution >= 4 is 0 Å². The summed E-state index contributed by atoms with van der Waals surface area (Å²) >= 11 is 0. The molecule has 2 aromatic carbocycles. The van der Waals surface area contributed by atoms with Crippen molar-refractivity contribution in [2.24, 2.45) is 0 Å². The Labute approximate surface area is 181 Å². The molecule has 1 saturated heterocycles. The molecule has 4 atom stereocenters. The molecule has 0 radical (unpaired) electrons. The van der Waals surface area contributed by atoms with E-state index in [2.05, 4.69) is 6.07 Å². The number of ether oxygens (including phenoxy) is 3. The summed E-state index contributed by atoms with van der Waals surface area (Å²) in [6.45, 7) is 0.754. The Morgan fingerprint density at radius 3 is 2.52 bits per heavy atom. The lowest BCUT2D eigenvalue weighted by molar-refractivity contribution is -0.179. The number of rotatable bonds is 8. The van der Waals surface area contributed by atoms with Gasteiger partial charge in [-0.3, -0.25) is 0 Å². The first-order valence-electron chi connectivity index (χ1n) is 9.91. The van der Waals surface area contributed by atoms with Crippen molar-refractivity contribution in [3.63, 3.8) is 0 Å². The van der Waals surface area contributed by atoms with E-state index in [9.17, 15) is 20.6 Å². The zero-order valence-corrected chi connectivity index (χ0v) is 17.4. The van der Waals surface area contributed by atoms with Crippen LogP contribution >= 0.6 is 0 Å². The normalized spacial score (nSPS) is 22.9. The number of hydrogen-bond acceptors (Lipinski definition) is 7. The van der Waals surface area contributed by atoms with Gasteiger partial charge in [0.1, 0.15) is 24.6 Å². The first kappa shape index (κ1) is 24.8. The van der Waals surface area contributed by atoms with E-state index in [1.54, 1.807) is 19.2 Å². The highest BCUT2D eigenvalue weighted by Gasteiger charge is 2.37. The SMILES string of the molecule is COCCOc1ccc(Cc2cc([C@@H]3O[C@H](CO)C[C@H](O)[C@H]3O)ccc2C#N)cc1.O. The molecule has 8 heteroatoms. The largest absolute Gasteiger partial charge is 0.491 e. The average molecular weight is 431 g/mol. The number of aliphatic hydroxyl groups is 3. The van der Waals surface area contributed by atoms with Gasteiger partial charge in [-0.25, -0.2) is 0 Å². The fourth-order valence-electron chi connectivity index (χ4n) is 3.56. The van der Waals surface area contributed by atoms with Crippen LogP contribution < -0.4 is 4.74 Å². The van der Waals surface area contributed by atoms with Crippen molar-refractivity contribution in [2.45, 2.75) is 37.3 Å². The zero-order valence-electron chi connectivity index (χ0n) is 17.4. The van der Waals surface area contributed by atoms with Gasteiger partial charge in [0.15, 0.2) is 0 Å². The summed E-state index contributed by atoms with van der Waals surface area (Å²) in [5.41, 5.74) is 2.98. The van der Waals surface area contributed by atoms with Crippen molar-refractivity contribution in [3.05, 3.63) is 64.7 Å². The molecule has 168 valence electrons. The smallest absolute Gasteiger partial charge is 0.119 e. The van der Waals surface area contributed by atoms with Gasteiger partial charge in [0, 0.05) is 13.5 Å². The minimum absolute atomic E-state index is 0. The van der Waals surface area contributed by atoms with Crippen LogP contribution in [0.5, 0.6) is 5.75 Å². The molecule has 0 spiro atoms. The lowest BCUT2D eigenvalue weighted by atomic mass is 9.90. The fraction of sp³-hybridized carbons (Fsp3) is 0.435. The maximum atomic E-state index is 10.4. The molecule has 0 amide bonds. The molecule has 31 heavy (non-hydrogen) atoms. The van der Waals surface area contributed by atoms with Gasteiger partial charge in [0.05, 0.1) is 37.1 Å². The molecule has 1 fully saturated rings. The van der Waals surface area contributed by atoms with E-state index in [4.69, 9.17) is 14.2 Å². The molecule has 0 unspecified atom stereocenters. The Morgan fingerprint density at radius 2 is 1.87 bits per heavy atom. The van der Waals surface area contributed by atoms with Gasteiger partial charge in [-0.05, 0) is 41.3 Å². The Hall–Kier alpha value is -2.51. The van der Waals surface area contributed by atoms with E-state index >= 15 is 0 Å². The predicted octanol–water partition coefficient (Wildman–Crippen LogP) is 0.894. The first-order valence-corrected chi connectivity index (χ1v) is 9.91. The van der Waals surface area contributed by atoms with Gasteiger partial charge in [0.2, 0.25) is 0 Å². The molecular formula is C23H29NO7. The maximum absolute atomic E-state index is 10.4. The summed E-state index contributed by atoms with van der Waals surface area (Å²) in [7, 11) is 1.62. The molecule has 8 nitrogen and oxygen atoms in total. The molecule has 0 aromatic heterocycles. The third-order valence-corrected chi connectivity index (χ3v) is 5.20. The number of methoxy groups -OCH3 is 1. The van der Waals surface area contributed by atoms with Crippen LogP contribution in [-0.2, 0) is 15.9 Å². The van der Waals surface area contributed by atoms with Crippen molar-refractivity contribution < 1.29 is 35.0 Å². The van der Waals surface area contributed by atoms with E-state index in [0.29, 0.717) is 30.8 Å². The van der Waals surface area contributed by atoms with Crippen molar-refractivity contribution in [2.75, 3.05) is 26.9 Å². The zero-order chi connectivity index (χ0) is 21.5. The van der Waals surface area contributed by atoms with E-state index in [0.717, 1.165) is 16.9 Å². The minimum atomic E-state index is -1.10. The third-order valence-electron chi connectivity index (χ3n) is 5.20. The molecule has 1 aliphatic heterocycles. The highest BCUT2D eigenvalue weighted by Crippen LogP contribution is 2.33. The second-order valence-corrected chi connectivity index (χ2v) is 7.35. The van der Waals surface area contributed by atoms with Gasteiger partial charge >= 0.3 is 0 Å². The Morgan fingerprint density at radius 1 is 1.13 bits per heavy atom. The van der Waals surface area contributed by atoms with E-state index in [1.165, 1.54) is 0 Å². The Bertz CT molecular complexity index is 865. The molecule has 1 aliphatic rings. The van der Waals surface area contributed by atoms with Crippen molar-refractivity contribution in [1.29, 1.82) is 5.26 Å². The van der Waals surface area contributed by atoms with Crippen LogP contribution in [0.2, 0.25) is 0 Å². The molecule has 0 bridgehead atoms. The molecule has 3 rings (SSSR count). The summed E-state index contributed by atoms with van der Waals surface area (Å²) < 4.78 is 16.3. The number of benzene rings is 2. The van der Waals surface area contributed by atoms with Gasteiger partial charge in [-0.1, -0.05) is 24.3 Å². The topological polar surface area (TPSA) is 144 Å². The first-order chi connectivity index (χ1) is 14.5. The number of nitriles is 1. The van der Waals surface area contributed by atoms with Crippen LogP contribution in [0.1, 0.15) is 34.8 Å². The lowest BCUT2D eigenvalue weighted by Crippen LogP contribution is -2.44. The van der Waals surface area contributed by atoms with Crippen LogP contribution in [0.15, 0.2) is 42.5 Å². The van der Waals surface area contributed by atoms with E-state index in [1.807, 2.05) is 30.3 Å². The van der Waals surface area contributed by atoms with Crippen LogP contribution in [-0.4, -0.2) is 66.0 Å². The highest BCUT2D eigenvalue weighted by atomic mass is 16.5. The summed E-state index contributed by atoms with van der Waals surface area (Å²) in [5, 5.41) is 39.4. The number of aliphatic hydroxyl groups excluding tert-OH is 3. The monoisotopic (exact) mass is 431 g/mol. The summed E-state index contributed by atoms with van der Waals surface area (Å²) in [5.74, 6) is 0.743. The Kier molecular flexibility index (Phi) is 9.40. The summed E-state index contributed by atoms with van der Waals surface area (Å²) in [4.78, 5) is 0. The fourth-order valence-corrected chi connectivity index (χ4v) is 3.56. The highest BCUT2D eigenvalue weighted by molar-refractivity contribution is 5.44.